The normalized spacial score (nSPS) is 18.8. The molecule has 1 aromatic carbocycles. The Balaban J connectivity index is 1.69. The van der Waals surface area contributed by atoms with Crippen molar-refractivity contribution in [3.63, 3.8) is 0 Å². The summed E-state index contributed by atoms with van der Waals surface area (Å²) in [7, 11) is 1.70. The fourth-order valence-corrected chi connectivity index (χ4v) is 3.97. The second-order valence-electron chi connectivity index (χ2n) is 7.03. The zero-order valence-electron chi connectivity index (χ0n) is 16.4. The van der Waals surface area contributed by atoms with Crippen molar-refractivity contribution in [2.24, 2.45) is 0 Å². The van der Waals surface area contributed by atoms with Crippen LogP contribution in [0.15, 0.2) is 53.6 Å². The summed E-state index contributed by atoms with van der Waals surface area (Å²) >= 11 is 1.64. The molecule has 0 saturated heterocycles. The molecule has 1 aliphatic rings. The smallest absolute Gasteiger partial charge is 0.288 e. The second kappa shape index (κ2) is 10.5. The number of ether oxygens (including phenoxy) is 2. The molecular weight excluding hydrogens is 393 g/mol. The van der Waals surface area contributed by atoms with Crippen LogP contribution in [0.2, 0.25) is 0 Å². The largest absolute Gasteiger partial charge is 0.459 e. The number of carbonyl (C=O) groups is 1. The Hall–Kier alpha value is -2.22. The van der Waals surface area contributed by atoms with Gasteiger partial charge in [-0.25, -0.2) is 4.39 Å². The van der Waals surface area contributed by atoms with Crippen LogP contribution in [-0.4, -0.2) is 42.5 Å². The van der Waals surface area contributed by atoms with Crippen LogP contribution in [0.4, 0.5) is 4.39 Å². The van der Waals surface area contributed by atoms with E-state index in [-0.39, 0.29) is 30.0 Å². The number of benzene rings is 1. The number of aliphatic hydroxyl groups excluding tert-OH is 1. The molecule has 1 aliphatic heterocycles. The first-order valence-corrected chi connectivity index (χ1v) is 10.6. The van der Waals surface area contributed by atoms with Crippen LogP contribution in [0.25, 0.3) is 0 Å². The molecule has 0 saturated carbocycles. The molecule has 0 aliphatic carbocycles. The molecule has 7 heteroatoms. The van der Waals surface area contributed by atoms with Gasteiger partial charge < -0.3 is 19.5 Å². The van der Waals surface area contributed by atoms with Crippen LogP contribution in [0, 0.1) is 5.82 Å². The van der Waals surface area contributed by atoms with Crippen molar-refractivity contribution in [2.45, 2.75) is 38.0 Å². The Bertz CT molecular complexity index is 807. The van der Waals surface area contributed by atoms with E-state index in [1.807, 2.05) is 23.6 Å². The zero-order valence-corrected chi connectivity index (χ0v) is 17.2. The monoisotopic (exact) mass is 419 g/mol. The zero-order chi connectivity index (χ0) is 20.6. The van der Waals surface area contributed by atoms with Gasteiger partial charge in [0.05, 0.1) is 6.61 Å². The molecule has 3 rings (SSSR count). The molecule has 1 amide bonds. The molecule has 156 valence electrons. The van der Waals surface area contributed by atoms with Gasteiger partial charge in [-0.05, 0) is 48.1 Å². The van der Waals surface area contributed by atoms with Crippen molar-refractivity contribution < 1.29 is 23.8 Å². The fourth-order valence-electron chi connectivity index (χ4n) is 3.16. The summed E-state index contributed by atoms with van der Waals surface area (Å²) in [5.41, 5.74) is 0.838. The Morgan fingerprint density at radius 3 is 2.79 bits per heavy atom. The lowest BCUT2D eigenvalue weighted by atomic mass is 9.99. The molecule has 2 aromatic rings. The van der Waals surface area contributed by atoms with E-state index in [0.717, 1.165) is 16.9 Å². The van der Waals surface area contributed by atoms with Crippen LogP contribution >= 0.6 is 11.3 Å². The van der Waals surface area contributed by atoms with Gasteiger partial charge >= 0.3 is 0 Å². The van der Waals surface area contributed by atoms with Crippen molar-refractivity contribution in [3.05, 3.63) is 69.9 Å². The van der Waals surface area contributed by atoms with Crippen LogP contribution in [0.1, 0.15) is 35.6 Å². The third kappa shape index (κ3) is 6.13. The van der Waals surface area contributed by atoms with Crippen molar-refractivity contribution in [3.8, 4) is 0 Å². The highest BCUT2D eigenvalue weighted by Gasteiger charge is 2.30. The minimum absolute atomic E-state index is 0.0461. The molecule has 1 aromatic heterocycles. The number of thiophene rings is 1. The fraction of sp³-hybridized carbons (Fsp3) is 0.409. The van der Waals surface area contributed by atoms with E-state index >= 15 is 0 Å². The van der Waals surface area contributed by atoms with Crippen LogP contribution in [-0.2, 0) is 20.8 Å². The molecular formula is C22H26FNO4S. The lowest BCUT2D eigenvalue weighted by Gasteiger charge is -2.30. The molecule has 0 bridgehead atoms. The van der Waals surface area contributed by atoms with Gasteiger partial charge in [0.1, 0.15) is 5.82 Å². The quantitative estimate of drug-likeness (QED) is 0.623. The number of halogens is 1. The number of hydrogen-bond acceptors (Lipinski definition) is 5. The number of likely N-dealkylation sites (N-methyl/N-ethyl adjacent to an activating group) is 1. The number of hydrogen-bond donors (Lipinski definition) is 1. The standard InChI is InChI=1S/C22H26FNO4S/c1-24(15-16-6-8-18(23)9-7-16)22(26)19-13-17(20-5-4-12-29-20)14-21(28-19)27-11-3-2-10-25/h4-9,12-13,17,21,25H,2-3,10-11,14-15H2,1H3/t17-,21+/m1/s1. The predicted molar refractivity (Wildman–Crippen MR) is 110 cm³/mol. The lowest BCUT2D eigenvalue weighted by molar-refractivity contribution is -0.152. The summed E-state index contributed by atoms with van der Waals surface area (Å²) < 4.78 is 24.8. The Kier molecular flexibility index (Phi) is 7.80. The van der Waals surface area contributed by atoms with E-state index in [1.54, 1.807) is 35.4 Å². The summed E-state index contributed by atoms with van der Waals surface area (Å²) in [6.45, 7) is 0.950. The van der Waals surface area contributed by atoms with Crippen molar-refractivity contribution in [2.75, 3.05) is 20.3 Å². The summed E-state index contributed by atoms with van der Waals surface area (Å²) in [6.07, 6.45) is 3.39. The Morgan fingerprint density at radius 2 is 2.10 bits per heavy atom. The molecule has 5 nitrogen and oxygen atoms in total. The first-order chi connectivity index (χ1) is 14.1. The van der Waals surface area contributed by atoms with Gasteiger partial charge in [0.25, 0.3) is 5.91 Å². The predicted octanol–water partition coefficient (Wildman–Crippen LogP) is 4.05. The molecule has 2 heterocycles. The maximum absolute atomic E-state index is 13.1. The highest BCUT2D eigenvalue weighted by Crippen LogP contribution is 2.34. The first kappa shape index (κ1) is 21.5. The topological polar surface area (TPSA) is 59.0 Å². The van der Waals surface area contributed by atoms with E-state index in [1.165, 1.54) is 12.1 Å². The second-order valence-corrected chi connectivity index (χ2v) is 8.00. The number of aliphatic hydroxyl groups is 1. The summed E-state index contributed by atoms with van der Waals surface area (Å²) in [6, 6.07) is 10.1. The Morgan fingerprint density at radius 1 is 1.31 bits per heavy atom. The van der Waals surface area contributed by atoms with Gasteiger partial charge in [0, 0.05) is 37.4 Å². The van der Waals surface area contributed by atoms with Gasteiger partial charge in [-0.2, -0.15) is 0 Å². The van der Waals surface area contributed by atoms with E-state index in [9.17, 15) is 9.18 Å². The minimum Gasteiger partial charge on any atom is -0.459 e. The van der Waals surface area contributed by atoms with Gasteiger partial charge in [-0.15, -0.1) is 11.3 Å². The highest BCUT2D eigenvalue weighted by atomic mass is 32.1. The molecule has 0 fully saturated rings. The van der Waals surface area contributed by atoms with Crippen LogP contribution in [0.3, 0.4) is 0 Å². The average molecular weight is 420 g/mol. The van der Waals surface area contributed by atoms with Crippen molar-refractivity contribution in [1.29, 1.82) is 0 Å². The molecule has 0 unspecified atom stereocenters. The number of nitrogens with zero attached hydrogens (tertiary/aromatic N) is 1. The van der Waals surface area contributed by atoms with Gasteiger partial charge in [0.15, 0.2) is 5.76 Å². The van der Waals surface area contributed by atoms with Crippen LogP contribution < -0.4 is 0 Å². The maximum atomic E-state index is 13.1. The molecule has 1 N–H and O–H groups in total. The van der Waals surface area contributed by atoms with Crippen molar-refractivity contribution >= 4 is 17.2 Å². The lowest BCUT2D eigenvalue weighted by Crippen LogP contribution is -2.34. The highest BCUT2D eigenvalue weighted by molar-refractivity contribution is 7.10. The molecule has 29 heavy (non-hydrogen) atoms. The summed E-state index contributed by atoms with van der Waals surface area (Å²) in [5, 5.41) is 10.9. The maximum Gasteiger partial charge on any atom is 0.288 e. The van der Waals surface area contributed by atoms with E-state index in [2.05, 4.69) is 0 Å². The van der Waals surface area contributed by atoms with Gasteiger partial charge in [-0.1, -0.05) is 18.2 Å². The van der Waals surface area contributed by atoms with Gasteiger partial charge in [0.2, 0.25) is 6.29 Å². The van der Waals surface area contributed by atoms with Crippen molar-refractivity contribution in [1.82, 2.24) is 4.90 Å². The van der Waals surface area contributed by atoms with Crippen LogP contribution in [0.5, 0.6) is 0 Å². The molecule has 2 atom stereocenters. The SMILES string of the molecule is CN(Cc1ccc(F)cc1)C(=O)C1=C[C@@H](c2cccs2)C[C@@H](OCCCCO)O1. The minimum atomic E-state index is -0.510. The van der Waals surface area contributed by atoms with E-state index < -0.39 is 6.29 Å². The van der Waals surface area contributed by atoms with Gasteiger partial charge in [-0.3, -0.25) is 4.79 Å². The third-order valence-electron chi connectivity index (χ3n) is 4.71. The van der Waals surface area contributed by atoms with E-state index in [4.69, 9.17) is 14.6 Å². The molecule has 0 radical (unpaired) electrons. The average Bonchev–Trinajstić information content (AvgIpc) is 3.27. The number of rotatable bonds is 9. The van der Waals surface area contributed by atoms with E-state index in [0.29, 0.717) is 26.0 Å². The number of carbonyl (C=O) groups excluding carboxylic acids is 1. The number of unbranched alkanes of at least 4 members (excludes halogenated alkanes) is 1. The molecule has 0 spiro atoms. The Labute approximate surface area is 174 Å². The first-order valence-electron chi connectivity index (χ1n) is 9.71. The third-order valence-corrected chi connectivity index (χ3v) is 5.72. The summed E-state index contributed by atoms with van der Waals surface area (Å²) in [5.74, 6) is -0.225. The number of amides is 1. The number of allylic oxidation sites excluding steroid dienone is 1. The summed E-state index contributed by atoms with van der Waals surface area (Å²) in [4.78, 5) is 15.7.